The van der Waals surface area contributed by atoms with E-state index < -0.39 is 15.9 Å². The number of carbonyl (C=O) groups is 2. The van der Waals surface area contributed by atoms with Gasteiger partial charge in [-0.2, -0.15) is 0 Å². The predicted octanol–water partition coefficient (Wildman–Crippen LogP) is 4.08. The van der Waals surface area contributed by atoms with Gasteiger partial charge >= 0.3 is 0 Å². The van der Waals surface area contributed by atoms with Gasteiger partial charge in [-0.25, -0.2) is 12.7 Å². The number of hydrogen-bond acceptors (Lipinski definition) is 6. The van der Waals surface area contributed by atoms with Gasteiger partial charge in [0.15, 0.2) is 6.61 Å². The Kier molecular flexibility index (Phi) is 8.33. The average Bonchev–Trinajstić information content (AvgIpc) is 2.89. The van der Waals surface area contributed by atoms with Crippen LogP contribution in [0.2, 0.25) is 0 Å². The zero-order valence-electron chi connectivity index (χ0n) is 21.6. The van der Waals surface area contributed by atoms with E-state index in [0.29, 0.717) is 35.8 Å². The minimum absolute atomic E-state index is 0.0410. The molecule has 1 aliphatic rings. The molecule has 0 aliphatic carbocycles. The van der Waals surface area contributed by atoms with Gasteiger partial charge in [0, 0.05) is 31.9 Å². The summed E-state index contributed by atoms with van der Waals surface area (Å²) in [6.45, 7) is 3.01. The van der Waals surface area contributed by atoms with Gasteiger partial charge < -0.3 is 19.7 Å². The van der Waals surface area contributed by atoms with Crippen LogP contribution in [0.25, 0.3) is 0 Å². The van der Waals surface area contributed by atoms with Crippen molar-refractivity contribution in [3.05, 3.63) is 77.9 Å². The first kappa shape index (κ1) is 27.2. The highest BCUT2D eigenvalue weighted by atomic mass is 32.2. The lowest BCUT2D eigenvalue weighted by molar-refractivity contribution is -0.121. The van der Waals surface area contributed by atoms with Crippen molar-refractivity contribution in [1.29, 1.82) is 0 Å². The summed E-state index contributed by atoms with van der Waals surface area (Å²) in [4.78, 5) is 27.2. The zero-order valence-corrected chi connectivity index (χ0v) is 22.5. The molecule has 4 rings (SSSR count). The molecular formula is C28H31N3O6S. The maximum Gasteiger partial charge on any atom is 0.265 e. The molecular weight excluding hydrogens is 506 g/mol. The number of ether oxygens (including phenoxy) is 2. The van der Waals surface area contributed by atoms with Crippen molar-refractivity contribution in [1.82, 2.24) is 4.31 Å². The van der Waals surface area contributed by atoms with Crippen molar-refractivity contribution in [2.24, 2.45) is 0 Å². The van der Waals surface area contributed by atoms with Gasteiger partial charge in [-0.15, -0.1) is 0 Å². The number of rotatable bonds is 10. The van der Waals surface area contributed by atoms with Gasteiger partial charge in [0.1, 0.15) is 11.5 Å². The standard InChI is InChI=1S/C28H31N3O6S/c1-20-7-6-8-23(17-20)36-16-5-4-15-31-25-18-22(11-14-26(25)37-19-27(31)32)29-28(33)21-9-12-24(13-10-21)38(34,35)30(2)3/h6-14,17-18H,4-5,15-16,19H2,1-3H3,(H,29,33). The second kappa shape index (κ2) is 11.7. The first-order valence-electron chi connectivity index (χ1n) is 12.3. The maximum atomic E-state index is 12.8. The van der Waals surface area contributed by atoms with Crippen LogP contribution < -0.4 is 19.7 Å². The summed E-state index contributed by atoms with van der Waals surface area (Å²) in [6, 6.07) is 18.7. The summed E-state index contributed by atoms with van der Waals surface area (Å²) in [5.74, 6) is 0.837. The zero-order chi connectivity index (χ0) is 27.3. The highest BCUT2D eigenvalue weighted by molar-refractivity contribution is 7.89. The first-order valence-corrected chi connectivity index (χ1v) is 13.7. The van der Waals surface area contributed by atoms with Crippen LogP contribution in [-0.4, -0.2) is 58.4 Å². The largest absolute Gasteiger partial charge is 0.494 e. The first-order chi connectivity index (χ1) is 18.1. The summed E-state index contributed by atoms with van der Waals surface area (Å²) in [6.07, 6.45) is 1.50. The van der Waals surface area contributed by atoms with Crippen LogP contribution in [0.15, 0.2) is 71.6 Å². The second-order valence-electron chi connectivity index (χ2n) is 9.15. The number of fused-ring (bicyclic) bond motifs is 1. The van der Waals surface area contributed by atoms with Gasteiger partial charge in [-0.1, -0.05) is 12.1 Å². The summed E-state index contributed by atoms with van der Waals surface area (Å²) in [7, 11) is -0.690. The molecule has 1 aliphatic heterocycles. The third-order valence-electron chi connectivity index (χ3n) is 6.09. The molecule has 0 saturated carbocycles. The number of nitrogens with zero attached hydrogens (tertiary/aromatic N) is 2. The Balaban J connectivity index is 1.38. The number of hydrogen-bond donors (Lipinski definition) is 1. The van der Waals surface area contributed by atoms with Gasteiger partial charge in [0.25, 0.3) is 11.8 Å². The summed E-state index contributed by atoms with van der Waals surface area (Å²) in [5, 5.41) is 2.81. The predicted molar refractivity (Wildman–Crippen MR) is 145 cm³/mol. The number of sulfonamides is 1. The molecule has 3 aromatic rings. The lowest BCUT2D eigenvalue weighted by Gasteiger charge is -2.30. The molecule has 10 heteroatoms. The van der Waals surface area contributed by atoms with Crippen molar-refractivity contribution in [2.45, 2.75) is 24.7 Å². The van der Waals surface area contributed by atoms with Crippen LogP contribution in [0.1, 0.15) is 28.8 Å². The van der Waals surface area contributed by atoms with Crippen LogP contribution in [0.3, 0.4) is 0 Å². The molecule has 0 aromatic heterocycles. The lowest BCUT2D eigenvalue weighted by Crippen LogP contribution is -2.39. The fraction of sp³-hybridized carbons (Fsp3) is 0.286. The van der Waals surface area contributed by atoms with Crippen molar-refractivity contribution in [3.8, 4) is 11.5 Å². The van der Waals surface area contributed by atoms with Crippen molar-refractivity contribution < 1.29 is 27.5 Å². The second-order valence-corrected chi connectivity index (χ2v) is 11.3. The molecule has 0 fully saturated rings. The Morgan fingerprint density at radius 2 is 1.82 bits per heavy atom. The van der Waals surface area contributed by atoms with E-state index in [0.717, 1.165) is 28.5 Å². The van der Waals surface area contributed by atoms with Gasteiger partial charge in [-0.05, 0) is 79.9 Å². The number of benzene rings is 3. The Morgan fingerprint density at radius 3 is 2.53 bits per heavy atom. The third kappa shape index (κ3) is 6.32. The molecule has 3 aromatic carbocycles. The highest BCUT2D eigenvalue weighted by Crippen LogP contribution is 2.35. The summed E-state index contributed by atoms with van der Waals surface area (Å²) in [5.41, 5.74) is 2.52. The maximum absolute atomic E-state index is 12.8. The molecule has 38 heavy (non-hydrogen) atoms. The molecule has 0 radical (unpaired) electrons. The van der Waals surface area contributed by atoms with Crippen LogP contribution in [0.5, 0.6) is 11.5 Å². The van der Waals surface area contributed by atoms with Crippen LogP contribution >= 0.6 is 0 Å². The van der Waals surface area contributed by atoms with Crippen LogP contribution in [0, 0.1) is 6.92 Å². The van der Waals surface area contributed by atoms with E-state index in [9.17, 15) is 18.0 Å². The number of anilines is 2. The molecule has 2 amide bonds. The van der Waals surface area contributed by atoms with Crippen LogP contribution in [0.4, 0.5) is 11.4 Å². The van der Waals surface area contributed by atoms with E-state index >= 15 is 0 Å². The number of amides is 2. The number of carbonyl (C=O) groups excluding carboxylic acids is 2. The fourth-order valence-electron chi connectivity index (χ4n) is 3.98. The Morgan fingerprint density at radius 1 is 1.05 bits per heavy atom. The Bertz CT molecular complexity index is 1420. The summed E-state index contributed by atoms with van der Waals surface area (Å²) < 4.78 is 37.0. The SMILES string of the molecule is Cc1cccc(OCCCCN2C(=O)COc3ccc(NC(=O)c4ccc(S(=O)(=O)N(C)C)cc4)cc32)c1. The van der Waals surface area contributed by atoms with E-state index in [1.165, 1.54) is 38.4 Å². The minimum atomic E-state index is -3.59. The number of unbranched alkanes of at least 4 members (excludes halogenated alkanes) is 1. The Labute approximate surface area is 223 Å². The topological polar surface area (TPSA) is 105 Å². The highest BCUT2D eigenvalue weighted by Gasteiger charge is 2.26. The lowest BCUT2D eigenvalue weighted by atomic mass is 10.1. The van der Waals surface area contributed by atoms with E-state index in [1.807, 2.05) is 31.2 Å². The number of nitrogens with one attached hydrogen (secondary N) is 1. The van der Waals surface area contributed by atoms with E-state index in [-0.39, 0.29) is 17.4 Å². The monoisotopic (exact) mass is 537 g/mol. The molecule has 0 saturated heterocycles. The van der Waals surface area contributed by atoms with Gasteiger partial charge in [0.2, 0.25) is 10.0 Å². The van der Waals surface area contributed by atoms with Crippen LogP contribution in [-0.2, 0) is 14.8 Å². The molecule has 0 unspecified atom stereocenters. The molecule has 0 spiro atoms. The number of aryl methyl sites for hydroxylation is 1. The molecule has 200 valence electrons. The van der Waals surface area contributed by atoms with Crippen molar-refractivity contribution in [3.63, 3.8) is 0 Å². The third-order valence-corrected chi connectivity index (χ3v) is 7.92. The van der Waals surface area contributed by atoms with Crippen molar-refractivity contribution >= 4 is 33.2 Å². The molecule has 0 bridgehead atoms. The average molecular weight is 538 g/mol. The van der Waals surface area contributed by atoms with E-state index in [2.05, 4.69) is 5.32 Å². The molecule has 0 atom stereocenters. The smallest absolute Gasteiger partial charge is 0.265 e. The normalized spacial score (nSPS) is 13.2. The molecule has 9 nitrogen and oxygen atoms in total. The van der Waals surface area contributed by atoms with Gasteiger partial charge in [-0.3, -0.25) is 9.59 Å². The van der Waals surface area contributed by atoms with Gasteiger partial charge in [0.05, 0.1) is 17.2 Å². The fourth-order valence-corrected chi connectivity index (χ4v) is 4.89. The molecule has 1 heterocycles. The van der Waals surface area contributed by atoms with E-state index in [1.54, 1.807) is 23.1 Å². The van der Waals surface area contributed by atoms with E-state index in [4.69, 9.17) is 9.47 Å². The molecule has 1 N–H and O–H groups in total. The Hall–Kier alpha value is -3.89. The minimum Gasteiger partial charge on any atom is -0.494 e. The quantitative estimate of drug-likeness (QED) is 0.391. The van der Waals surface area contributed by atoms with Crippen molar-refractivity contribution in [2.75, 3.05) is 44.1 Å². The summed E-state index contributed by atoms with van der Waals surface area (Å²) >= 11 is 0.